The van der Waals surface area contributed by atoms with Gasteiger partial charge in [-0.3, -0.25) is 9.59 Å². The van der Waals surface area contributed by atoms with Crippen molar-refractivity contribution in [3.63, 3.8) is 0 Å². The van der Waals surface area contributed by atoms with E-state index in [0.29, 0.717) is 6.42 Å². The third-order valence-corrected chi connectivity index (χ3v) is 4.10. The predicted molar refractivity (Wildman–Crippen MR) is 86.7 cm³/mol. The van der Waals surface area contributed by atoms with Gasteiger partial charge in [-0.25, -0.2) is 0 Å². The summed E-state index contributed by atoms with van der Waals surface area (Å²) in [7, 11) is 1.70. The number of carbonyl (C=O) groups is 2. The van der Waals surface area contributed by atoms with Gasteiger partial charge in [0.15, 0.2) is 0 Å². The molecule has 0 radical (unpaired) electrons. The zero-order valence-electron chi connectivity index (χ0n) is 13.6. The largest absolute Gasteiger partial charge is 0.461 e. The van der Waals surface area contributed by atoms with Gasteiger partial charge in [-0.15, -0.1) is 0 Å². The Morgan fingerprint density at radius 2 is 1.91 bits per heavy atom. The number of esters is 2. The van der Waals surface area contributed by atoms with Gasteiger partial charge in [-0.2, -0.15) is 0 Å². The fourth-order valence-electron chi connectivity index (χ4n) is 2.71. The minimum absolute atomic E-state index is 0.0448. The molecule has 126 valence electrons. The topological polar surface area (TPSA) is 64.6 Å². The van der Waals surface area contributed by atoms with Crippen LogP contribution in [0.4, 0.5) is 0 Å². The highest BCUT2D eigenvalue weighted by Gasteiger charge is 2.25. The van der Waals surface area contributed by atoms with Gasteiger partial charge in [-0.05, 0) is 44.7 Å². The average molecular weight is 319 g/mol. The van der Waals surface area contributed by atoms with Crippen molar-refractivity contribution >= 4 is 11.9 Å². The van der Waals surface area contributed by atoms with Crippen molar-refractivity contribution in [3.8, 4) is 0 Å². The van der Waals surface area contributed by atoms with E-state index < -0.39 is 6.04 Å². The minimum Gasteiger partial charge on any atom is -0.461 e. The van der Waals surface area contributed by atoms with Gasteiger partial charge < -0.3 is 14.8 Å². The molecule has 0 heterocycles. The minimum atomic E-state index is -0.458. The number of hydrogen-bond donors (Lipinski definition) is 1. The van der Waals surface area contributed by atoms with Crippen LogP contribution in [-0.2, 0) is 25.7 Å². The van der Waals surface area contributed by atoms with E-state index in [2.05, 4.69) is 5.32 Å². The molecule has 23 heavy (non-hydrogen) atoms. The summed E-state index contributed by atoms with van der Waals surface area (Å²) in [6, 6.07) is 9.07. The first-order valence-electron chi connectivity index (χ1n) is 8.26. The lowest BCUT2D eigenvalue weighted by atomic mass is 10.1. The Bertz CT molecular complexity index is 497. The number of hydrogen-bond acceptors (Lipinski definition) is 5. The second kappa shape index (κ2) is 9.30. The third-order valence-electron chi connectivity index (χ3n) is 4.10. The van der Waals surface area contributed by atoms with Crippen molar-refractivity contribution < 1.29 is 19.1 Å². The van der Waals surface area contributed by atoms with E-state index in [4.69, 9.17) is 9.47 Å². The van der Waals surface area contributed by atoms with Crippen molar-refractivity contribution in [2.45, 2.75) is 57.3 Å². The molecule has 1 atom stereocenters. The summed E-state index contributed by atoms with van der Waals surface area (Å²) in [5.74, 6) is -0.571. The zero-order valence-corrected chi connectivity index (χ0v) is 13.6. The van der Waals surface area contributed by atoms with E-state index >= 15 is 0 Å². The predicted octanol–water partition coefficient (Wildman–Crippen LogP) is 2.58. The molecular formula is C18H25NO4. The van der Waals surface area contributed by atoms with Crippen molar-refractivity contribution in [1.29, 1.82) is 0 Å². The molecule has 5 nitrogen and oxygen atoms in total. The fourth-order valence-corrected chi connectivity index (χ4v) is 2.71. The normalized spacial score (nSPS) is 16.0. The quantitative estimate of drug-likeness (QED) is 0.746. The molecule has 0 aromatic heterocycles. The molecule has 0 saturated heterocycles. The van der Waals surface area contributed by atoms with Crippen LogP contribution in [0.25, 0.3) is 0 Å². The van der Waals surface area contributed by atoms with Crippen molar-refractivity contribution in [3.05, 3.63) is 35.9 Å². The number of likely N-dealkylation sites (N-methyl/N-ethyl adjacent to an activating group) is 1. The van der Waals surface area contributed by atoms with Crippen molar-refractivity contribution in [1.82, 2.24) is 5.32 Å². The second-order valence-corrected chi connectivity index (χ2v) is 5.87. The summed E-state index contributed by atoms with van der Waals surface area (Å²) in [4.78, 5) is 23.9. The monoisotopic (exact) mass is 319 g/mol. The zero-order chi connectivity index (χ0) is 16.5. The van der Waals surface area contributed by atoms with E-state index in [-0.39, 0.29) is 31.1 Å². The van der Waals surface area contributed by atoms with Crippen molar-refractivity contribution in [2.24, 2.45) is 0 Å². The van der Waals surface area contributed by atoms with E-state index in [0.717, 1.165) is 31.2 Å². The molecule has 5 heteroatoms. The maximum absolute atomic E-state index is 12.1. The summed E-state index contributed by atoms with van der Waals surface area (Å²) in [5.41, 5.74) is 0.951. The molecule has 1 aliphatic carbocycles. The highest BCUT2D eigenvalue weighted by atomic mass is 16.5. The van der Waals surface area contributed by atoms with E-state index in [1.807, 2.05) is 30.3 Å². The van der Waals surface area contributed by atoms with Crippen LogP contribution >= 0.6 is 0 Å². The molecule has 1 aromatic carbocycles. The van der Waals surface area contributed by atoms with Gasteiger partial charge in [0.2, 0.25) is 0 Å². The number of nitrogens with one attached hydrogen (secondary N) is 1. The van der Waals surface area contributed by atoms with Crippen LogP contribution in [-0.4, -0.2) is 31.1 Å². The summed E-state index contributed by atoms with van der Waals surface area (Å²) >= 11 is 0. The Hall–Kier alpha value is -1.88. The molecule has 1 aromatic rings. The van der Waals surface area contributed by atoms with Crippen LogP contribution in [0.5, 0.6) is 0 Å². The van der Waals surface area contributed by atoms with Gasteiger partial charge in [0.25, 0.3) is 0 Å². The fraction of sp³-hybridized carbons (Fsp3) is 0.556. The van der Waals surface area contributed by atoms with Gasteiger partial charge in [0, 0.05) is 6.42 Å². The molecule has 2 rings (SSSR count). The SMILES string of the molecule is CN[C@@H](CCC(=O)OCc1ccccc1)C(=O)OC1CCCC1. The maximum atomic E-state index is 12.1. The van der Waals surface area contributed by atoms with Crippen molar-refractivity contribution in [2.75, 3.05) is 7.05 Å². The number of rotatable bonds is 8. The Morgan fingerprint density at radius 1 is 1.22 bits per heavy atom. The summed E-state index contributed by atoms with van der Waals surface area (Å²) < 4.78 is 10.7. The molecule has 1 fully saturated rings. The Balaban J connectivity index is 1.69. The van der Waals surface area contributed by atoms with Gasteiger partial charge in [0.05, 0.1) is 0 Å². The van der Waals surface area contributed by atoms with Crippen LogP contribution in [0.15, 0.2) is 30.3 Å². The lowest BCUT2D eigenvalue weighted by Crippen LogP contribution is -2.37. The van der Waals surface area contributed by atoms with E-state index in [9.17, 15) is 9.59 Å². The van der Waals surface area contributed by atoms with Gasteiger partial charge >= 0.3 is 11.9 Å². The summed E-state index contributed by atoms with van der Waals surface area (Å²) in [5, 5.41) is 2.92. The standard InChI is InChI=1S/C18H25NO4/c1-19-16(18(21)23-15-9-5-6-10-15)11-12-17(20)22-13-14-7-3-2-4-8-14/h2-4,7-8,15-16,19H,5-6,9-13H2,1H3/t16-/m0/s1. The highest BCUT2D eigenvalue weighted by Crippen LogP contribution is 2.21. The smallest absolute Gasteiger partial charge is 0.323 e. The molecule has 0 amide bonds. The van der Waals surface area contributed by atoms with Crippen LogP contribution in [0.2, 0.25) is 0 Å². The number of ether oxygens (including phenoxy) is 2. The van der Waals surface area contributed by atoms with E-state index in [1.165, 1.54) is 0 Å². The van der Waals surface area contributed by atoms with Crippen LogP contribution in [0.1, 0.15) is 44.1 Å². The molecule has 0 bridgehead atoms. The first-order chi connectivity index (χ1) is 11.2. The molecule has 1 aliphatic rings. The average Bonchev–Trinajstić information content (AvgIpc) is 3.07. The van der Waals surface area contributed by atoms with Gasteiger partial charge in [0.1, 0.15) is 18.8 Å². The number of carbonyl (C=O) groups excluding carboxylic acids is 2. The first-order valence-corrected chi connectivity index (χ1v) is 8.26. The molecular weight excluding hydrogens is 294 g/mol. The third kappa shape index (κ3) is 6.02. The molecule has 0 aliphatic heterocycles. The maximum Gasteiger partial charge on any atom is 0.323 e. The van der Waals surface area contributed by atoms with Gasteiger partial charge in [-0.1, -0.05) is 30.3 Å². The lowest BCUT2D eigenvalue weighted by molar-refractivity contribution is -0.152. The van der Waals surface area contributed by atoms with Crippen LogP contribution < -0.4 is 5.32 Å². The molecule has 1 N–H and O–H groups in total. The van der Waals surface area contributed by atoms with Crippen LogP contribution in [0.3, 0.4) is 0 Å². The second-order valence-electron chi connectivity index (χ2n) is 5.87. The molecule has 0 spiro atoms. The molecule has 0 unspecified atom stereocenters. The molecule has 1 saturated carbocycles. The lowest BCUT2D eigenvalue weighted by Gasteiger charge is -2.18. The summed E-state index contributed by atoms with van der Waals surface area (Å²) in [6.45, 7) is 0.260. The van der Waals surface area contributed by atoms with Crippen LogP contribution in [0, 0.1) is 0 Å². The first kappa shape index (κ1) is 17.5. The highest BCUT2D eigenvalue weighted by molar-refractivity contribution is 5.77. The Morgan fingerprint density at radius 3 is 2.57 bits per heavy atom. The Kier molecular flexibility index (Phi) is 7.07. The Labute approximate surface area is 137 Å². The number of benzene rings is 1. The summed E-state index contributed by atoms with van der Waals surface area (Å²) in [6.07, 6.45) is 4.75. The van der Waals surface area contributed by atoms with E-state index in [1.54, 1.807) is 7.05 Å².